The minimum absolute atomic E-state index is 0.0287. The molecular weight excluding hydrogens is 452 g/mol. The van der Waals surface area contributed by atoms with E-state index in [1.807, 2.05) is 6.26 Å². The van der Waals surface area contributed by atoms with Gasteiger partial charge in [-0.3, -0.25) is 9.59 Å². The fraction of sp³-hybridized carbons (Fsp3) is 0.871. The molecule has 4 aliphatic carbocycles. The van der Waals surface area contributed by atoms with E-state index in [0.717, 1.165) is 38.5 Å². The molecule has 200 valence electrons. The molecule has 0 aromatic rings. The summed E-state index contributed by atoms with van der Waals surface area (Å²) in [5.41, 5.74) is 0.112. The predicted molar refractivity (Wildman–Crippen MR) is 136 cm³/mol. The summed E-state index contributed by atoms with van der Waals surface area (Å²) in [6.45, 7) is 14.4. The van der Waals surface area contributed by atoms with Crippen molar-refractivity contribution < 1.29 is 23.8 Å². The summed E-state index contributed by atoms with van der Waals surface area (Å²) >= 11 is 0. The highest BCUT2D eigenvalue weighted by atomic mass is 16.7. The third-order valence-electron chi connectivity index (χ3n) is 13.9. The van der Waals surface area contributed by atoms with Gasteiger partial charge >= 0.3 is 11.9 Å². The molecule has 5 nitrogen and oxygen atoms in total. The molecule has 36 heavy (non-hydrogen) atoms. The zero-order chi connectivity index (χ0) is 25.9. The van der Waals surface area contributed by atoms with Crippen LogP contribution in [0.3, 0.4) is 0 Å². The normalized spacial score (nSPS) is 57.2. The smallest absolute Gasteiger partial charge is 0.312 e. The lowest BCUT2D eigenvalue weighted by Gasteiger charge is -2.74. The van der Waals surface area contributed by atoms with Gasteiger partial charge < -0.3 is 14.2 Å². The lowest BCUT2D eigenvalue weighted by Crippen LogP contribution is -2.68. The van der Waals surface area contributed by atoms with Gasteiger partial charge in [-0.25, -0.2) is 0 Å². The molecule has 1 spiro atoms. The van der Waals surface area contributed by atoms with Crippen LogP contribution in [0.25, 0.3) is 0 Å². The highest BCUT2D eigenvalue weighted by Gasteiger charge is 2.74. The van der Waals surface area contributed by atoms with E-state index in [2.05, 4.69) is 47.6 Å². The largest absolute Gasteiger partial charge is 0.469 e. The molecule has 0 unspecified atom stereocenters. The molecule has 0 N–H and O–H groups in total. The molecule has 2 heterocycles. The number of fused-ring (bicyclic) bond motifs is 6. The maximum atomic E-state index is 12.9. The zero-order valence-electron chi connectivity index (χ0n) is 23.4. The summed E-state index contributed by atoms with van der Waals surface area (Å²) in [5.74, 6) is 1.10. The fourth-order valence-corrected chi connectivity index (χ4v) is 11.4. The first kappa shape index (κ1) is 24.8. The topological polar surface area (TPSA) is 61.8 Å². The number of hydrogen-bond acceptors (Lipinski definition) is 5. The molecule has 2 aliphatic heterocycles. The number of allylic oxidation sites excluding steroid dienone is 1. The lowest BCUT2D eigenvalue weighted by atomic mass is 9.30. The van der Waals surface area contributed by atoms with Gasteiger partial charge in [0, 0.05) is 0 Å². The highest BCUT2D eigenvalue weighted by molar-refractivity contribution is 5.77. The number of ether oxygens (including phenoxy) is 3. The van der Waals surface area contributed by atoms with Gasteiger partial charge in [-0.2, -0.15) is 0 Å². The Hall–Kier alpha value is -1.52. The maximum Gasteiger partial charge on any atom is 0.312 e. The average Bonchev–Trinajstić information content (AvgIpc) is 3.10. The van der Waals surface area contributed by atoms with Crippen LogP contribution in [0.5, 0.6) is 0 Å². The minimum atomic E-state index is -0.442. The molecule has 11 atom stereocenters. The van der Waals surface area contributed by atoms with E-state index in [9.17, 15) is 9.59 Å². The van der Waals surface area contributed by atoms with Crippen LogP contribution in [0.4, 0.5) is 0 Å². The van der Waals surface area contributed by atoms with Gasteiger partial charge in [0.25, 0.3) is 0 Å². The second-order valence-corrected chi connectivity index (χ2v) is 14.9. The Labute approximate surface area is 217 Å². The van der Waals surface area contributed by atoms with Crippen molar-refractivity contribution in [3.05, 3.63) is 12.3 Å². The van der Waals surface area contributed by atoms with E-state index in [4.69, 9.17) is 14.2 Å². The lowest BCUT2D eigenvalue weighted by molar-refractivity contribution is -0.268. The summed E-state index contributed by atoms with van der Waals surface area (Å²) in [4.78, 5) is 25.7. The summed E-state index contributed by atoms with van der Waals surface area (Å²) in [6.07, 6.45) is 13.6. The van der Waals surface area contributed by atoms with Crippen molar-refractivity contribution in [2.24, 2.45) is 56.2 Å². The maximum absolute atomic E-state index is 12.9. The Morgan fingerprint density at radius 2 is 1.61 bits per heavy atom. The van der Waals surface area contributed by atoms with Gasteiger partial charge in [-0.15, -0.1) is 0 Å². The Morgan fingerprint density at radius 1 is 0.944 bits per heavy atom. The standard InChI is InChI=1S/C31H46O5/c1-19-23(32)36-25-31(19)10-8-20-28(4,21(31)9-17-35-25)14-16-30(6)22-18-27(3,24(33)34-7)12-11-26(22,2)13-15-29(20,30)5/h9,17,19-22,25H,8,10-16,18H2,1-7H3/t19-,20-,21-,22-,25-,26+,27+,28+,29+,30-,31-/m0/s1. The van der Waals surface area contributed by atoms with Crippen LogP contribution in [-0.4, -0.2) is 25.3 Å². The molecular formula is C31H46O5. The van der Waals surface area contributed by atoms with Crippen LogP contribution >= 0.6 is 0 Å². The summed E-state index contributed by atoms with van der Waals surface area (Å²) in [5, 5.41) is 0. The van der Waals surface area contributed by atoms with Gasteiger partial charge in [0.15, 0.2) is 0 Å². The number of rotatable bonds is 1. The van der Waals surface area contributed by atoms with Crippen LogP contribution in [0.2, 0.25) is 0 Å². The van der Waals surface area contributed by atoms with Gasteiger partial charge in [-0.05, 0) is 110 Å². The van der Waals surface area contributed by atoms with Crippen LogP contribution in [0.15, 0.2) is 12.3 Å². The van der Waals surface area contributed by atoms with Gasteiger partial charge in [0.05, 0.1) is 30.1 Å². The predicted octanol–water partition coefficient (Wildman–Crippen LogP) is 6.65. The number of carbonyl (C=O) groups excluding carboxylic acids is 2. The van der Waals surface area contributed by atoms with Crippen molar-refractivity contribution in [1.82, 2.24) is 0 Å². The Kier molecular flexibility index (Phi) is 5.04. The molecule has 4 saturated carbocycles. The first-order chi connectivity index (χ1) is 16.8. The molecule has 5 heteroatoms. The van der Waals surface area contributed by atoms with Crippen molar-refractivity contribution in [3.8, 4) is 0 Å². The number of carbonyl (C=O) groups is 2. The van der Waals surface area contributed by atoms with Gasteiger partial charge in [0.1, 0.15) is 0 Å². The van der Waals surface area contributed by atoms with Gasteiger partial charge in [-0.1, -0.05) is 34.6 Å². The summed E-state index contributed by atoms with van der Waals surface area (Å²) in [7, 11) is 1.55. The second kappa shape index (κ2) is 7.32. The third kappa shape index (κ3) is 2.69. The Morgan fingerprint density at radius 3 is 2.33 bits per heavy atom. The van der Waals surface area contributed by atoms with E-state index < -0.39 is 6.29 Å². The van der Waals surface area contributed by atoms with Crippen LogP contribution in [0.1, 0.15) is 99.3 Å². The SMILES string of the molecule is COC(=O)[C@]1(C)CC[C@]2(C)CC[C@]3(C)[C@H]4CC[C@@]56[C@@H](OC=C[C@H]5[C@]4(C)CC[C@@]3(C)[C@H]2C1)OC(=O)[C@@H]6C. The Bertz CT molecular complexity index is 1020. The molecule has 0 radical (unpaired) electrons. The van der Waals surface area contributed by atoms with Crippen molar-refractivity contribution in [2.75, 3.05) is 7.11 Å². The van der Waals surface area contributed by atoms with Crippen molar-refractivity contribution in [3.63, 3.8) is 0 Å². The molecule has 0 amide bonds. The van der Waals surface area contributed by atoms with Crippen LogP contribution in [-0.2, 0) is 23.8 Å². The molecule has 1 saturated heterocycles. The number of hydrogen-bond donors (Lipinski definition) is 0. The van der Waals surface area contributed by atoms with Crippen molar-refractivity contribution in [2.45, 2.75) is 106 Å². The van der Waals surface area contributed by atoms with E-state index in [1.165, 1.54) is 19.3 Å². The fourth-order valence-electron chi connectivity index (χ4n) is 11.4. The van der Waals surface area contributed by atoms with Crippen LogP contribution < -0.4 is 0 Å². The summed E-state index contributed by atoms with van der Waals surface area (Å²) in [6, 6.07) is 0. The highest BCUT2D eigenvalue weighted by Crippen LogP contribution is 2.78. The first-order valence-corrected chi connectivity index (χ1v) is 14.4. The van der Waals surface area contributed by atoms with E-state index in [-0.39, 0.29) is 56.3 Å². The molecule has 0 bridgehead atoms. The van der Waals surface area contributed by atoms with Crippen molar-refractivity contribution in [1.29, 1.82) is 0 Å². The quantitative estimate of drug-likeness (QED) is 0.379. The van der Waals surface area contributed by atoms with Gasteiger partial charge in [0.2, 0.25) is 6.29 Å². The molecule has 5 fully saturated rings. The molecule has 6 aliphatic rings. The van der Waals surface area contributed by atoms with Crippen molar-refractivity contribution >= 4 is 11.9 Å². The zero-order valence-corrected chi connectivity index (χ0v) is 23.4. The Balaban J connectivity index is 1.40. The minimum Gasteiger partial charge on any atom is -0.469 e. The monoisotopic (exact) mass is 498 g/mol. The third-order valence-corrected chi connectivity index (χ3v) is 13.9. The average molecular weight is 499 g/mol. The molecule has 6 rings (SSSR count). The summed E-state index contributed by atoms with van der Waals surface area (Å²) < 4.78 is 17.1. The van der Waals surface area contributed by atoms with E-state index >= 15 is 0 Å². The van der Waals surface area contributed by atoms with E-state index in [0.29, 0.717) is 11.8 Å². The first-order valence-electron chi connectivity index (χ1n) is 14.4. The number of methoxy groups -OCH3 is 1. The molecule has 0 aromatic heterocycles. The van der Waals surface area contributed by atoms with Crippen LogP contribution in [0, 0.1) is 56.2 Å². The number of esters is 2. The molecule has 0 aromatic carbocycles. The second-order valence-electron chi connectivity index (χ2n) is 14.9. The van der Waals surface area contributed by atoms with E-state index in [1.54, 1.807) is 7.11 Å².